The largest absolute Gasteiger partial charge is 0.310 e. The molecule has 0 bridgehead atoms. The van der Waals surface area contributed by atoms with Gasteiger partial charge in [-0.1, -0.05) is 37.6 Å². The molecular formula is C18H20N4. The standard InChI is InChI=1S/C18H20N4/c1-2-14-7-9-15(10-8-14)12-16(13-19)18-21-20-17-6-4-3-5-11-22(17)18/h7-10,12H,2-6,11H2,1H3/b16-12+. The smallest absolute Gasteiger partial charge is 0.174 e. The third-order valence-electron chi connectivity index (χ3n) is 4.17. The summed E-state index contributed by atoms with van der Waals surface area (Å²) in [7, 11) is 0. The predicted octanol–water partition coefficient (Wildman–Crippen LogP) is 3.63. The first-order valence-electron chi connectivity index (χ1n) is 7.95. The minimum absolute atomic E-state index is 0.588. The highest BCUT2D eigenvalue weighted by atomic mass is 15.3. The van der Waals surface area contributed by atoms with Gasteiger partial charge in [0.1, 0.15) is 11.9 Å². The van der Waals surface area contributed by atoms with Gasteiger partial charge in [-0.05, 0) is 36.5 Å². The van der Waals surface area contributed by atoms with Crippen molar-refractivity contribution in [2.24, 2.45) is 0 Å². The molecule has 22 heavy (non-hydrogen) atoms. The van der Waals surface area contributed by atoms with Gasteiger partial charge in [-0.3, -0.25) is 0 Å². The molecule has 112 valence electrons. The topological polar surface area (TPSA) is 54.5 Å². The summed E-state index contributed by atoms with van der Waals surface area (Å²) in [5.41, 5.74) is 2.91. The Morgan fingerprint density at radius 1 is 1.23 bits per heavy atom. The molecule has 0 amide bonds. The third kappa shape index (κ3) is 2.94. The summed E-state index contributed by atoms with van der Waals surface area (Å²) < 4.78 is 2.11. The lowest BCUT2D eigenvalue weighted by atomic mass is 10.1. The van der Waals surface area contributed by atoms with Gasteiger partial charge in [-0.2, -0.15) is 5.26 Å². The van der Waals surface area contributed by atoms with Crippen LogP contribution in [0.15, 0.2) is 24.3 Å². The van der Waals surface area contributed by atoms with Crippen LogP contribution in [0.3, 0.4) is 0 Å². The minimum Gasteiger partial charge on any atom is -0.310 e. The van der Waals surface area contributed by atoms with Crippen molar-refractivity contribution in [1.82, 2.24) is 14.8 Å². The second kappa shape index (κ2) is 6.57. The molecule has 1 aromatic carbocycles. The summed E-state index contributed by atoms with van der Waals surface area (Å²) in [4.78, 5) is 0. The Morgan fingerprint density at radius 2 is 2.05 bits per heavy atom. The van der Waals surface area contributed by atoms with Crippen molar-refractivity contribution in [1.29, 1.82) is 5.26 Å². The molecule has 0 aliphatic carbocycles. The lowest BCUT2D eigenvalue weighted by Crippen LogP contribution is -2.05. The maximum Gasteiger partial charge on any atom is 0.174 e. The lowest BCUT2D eigenvalue weighted by molar-refractivity contribution is 0.627. The molecule has 0 N–H and O–H groups in total. The van der Waals surface area contributed by atoms with Crippen LogP contribution in [0, 0.1) is 11.3 Å². The quantitative estimate of drug-likeness (QED) is 0.812. The molecule has 0 spiro atoms. The predicted molar refractivity (Wildman–Crippen MR) is 86.9 cm³/mol. The van der Waals surface area contributed by atoms with Crippen molar-refractivity contribution >= 4 is 11.6 Å². The lowest BCUT2D eigenvalue weighted by Gasteiger charge is -2.06. The molecule has 0 saturated carbocycles. The van der Waals surface area contributed by atoms with E-state index in [2.05, 4.69) is 52.0 Å². The normalized spacial score (nSPS) is 15.0. The molecule has 4 heteroatoms. The van der Waals surface area contributed by atoms with Crippen molar-refractivity contribution in [2.75, 3.05) is 0 Å². The van der Waals surface area contributed by atoms with Gasteiger partial charge in [0.25, 0.3) is 0 Å². The average Bonchev–Trinajstić information content (AvgIpc) is 2.81. The zero-order valence-corrected chi connectivity index (χ0v) is 12.9. The number of fused-ring (bicyclic) bond motifs is 1. The zero-order valence-electron chi connectivity index (χ0n) is 12.9. The van der Waals surface area contributed by atoms with Crippen LogP contribution in [0.1, 0.15) is 49.0 Å². The van der Waals surface area contributed by atoms with Gasteiger partial charge in [0.15, 0.2) is 5.82 Å². The molecule has 1 aromatic heterocycles. The SMILES string of the molecule is CCc1ccc(/C=C(\C#N)c2nnc3n2CCCCC3)cc1. The third-order valence-corrected chi connectivity index (χ3v) is 4.17. The number of nitriles is 1. The van der Waals surface area contributed by atoms with Crippen molar-refractivity contribution in [3.05, 3.63) is 47.0 Å². The summed E-state index contributed by atoms with van der Waals surface area (Å²) >= 11 is 0. The second-order valence-electron chi connectivity index (χ2n) is 5.67. The number of benzene rings is 1. The summed E-state index contributed by atoms with van der Waals surface area (Å²) in [6.45, 7) is 3.04. The van der Waals surface area contributed by atoms with E-state index >= 15 is 0 Å². The Balaban J connectivity index is 1.95. The highest BCUT2D eigenvalue weighted by Crippen LogP contribution is 2.21. The number of hydrogen-bond donors (Lipinski definition) is 0. The first-order valence-corrected chi connectivity index (χ1v) is 7.95. The fraction of sp³-hybridized carbons (Fsp3) is 0.389. The van der Waals surface area contributed by atoms with E-state index in [1.165, 1.54) is 12.0 Å². The van der Waals surface area contributed by atoms with Crippen LogP contribution >= 0.6 is 0 Å². The summed E-state index contributed by atoms with van der Waals surface area (Å²) in [6, 6.07) is 10.6. The minimum atomic E-state index is 0.588. The van der Waals surface area contributed by atoms with Gasteiger partial charge in [0, 0.05) is 13.0 Å². The molecule has 4 nitrogen and oxygen atoms in total. The Morgan fingerprint density at radius 3 is 2.77 bits per heavy atom. The molecule has 0 saturated heterocycles. The molecule has 0 fully saturated rings. The van der Waals surface area contributed by atoms with Crippen LogP contribution in [-0.4, -0.2) is 14.8 Å². The molecule has 2 aromatic rings. The molecule has 1 aliphatic heterocycles. The van der Waals surface area contributed by atoms with Crippen molar-refractivity contribution in [3.63, 3.8) is 0 Å². The zero-order chi connectivity index (χ0) is 15.4. The van der Waals surface area contributed by atoms with Gasteiger partial charge in [0.05, 0.1) is 5.57 Å². The number of nitrogens with zero attached hydrogens (tertiary/aromatic N) is 4. The fourth-order valence-corrected chi connectivity index (χ4v) is 2.85. The van der Waals surface area contributed by atoms with E-state index in [9.17, 15) is 5.26 Å². The maximum atomic E-state index is 9.53. The van der Waals surface area contributed by atoms with E-state index in [1.54, 1.807) is 0 Å². The first kappa shape index (κ1) is 14.5. The molecular weight excluding hydrogens is 272 g/mol. The highest BCUT2D eigenvalue weighted by molar-refractivity contribution is 5.87. The summed E-state index contributed by atoms with van der Waals surface area (Å²) in [5, 5.41) is 18.1. The van der Waals surface area contributed by atoms with Crippen LogP contribution < -0.4 is 0 Å². The van der Waals surface area contributed by atoms with E-state index < -0.39 is 0 Å². The van der Waals surface area contributed by atoms with E-state index in [-0.39, 0.29) is 0 Å². The summed E-state index contributed by atoms with van der Waals surface area (Å²) in [6.07, 6.45) is 7.38. The Kier molecular flexibility index (Phi) is 4.34. The van der Waals surface area contributed by atoms with E-state index in [4.69, 9.17) is 0 Å². The van der Waals surface area contributed by atoms with E-state index in [0.717, 1.165) is 43.6 Å². The fourth-order valence-electron chi connectivity index (χ4n) is 2.85. The number of aromatic nitrogens is 3. The van der Waals surface area contributed by atoms with Gasteiger partial charge in [0.2, 0.25) is 0 Å². The number of rotatable bonds is 3. The van der Waals surface area contributed by atoms with Crippen LogP contribution in [0.2, 0.25) is 0 Å². The van der Waals surface area contributed by atoms with Gasteiger partial charge < -0.3 is 4.57 Å². The average molecular weight is 292 g/mol. The Hall–Kier alpha value is -2.41. The van der Waals surface area contributed by atoms with Gasteiger partial charge in [-0.25, -0.2) is 0 Å². The van der Waals surface area contributed by atoms with Crippen LogP contribution in [0.25, 0.3) is 11.6 Å². The van der Waals surface area contributed by atoms with Crippen LogP contribution in [0.5, 0.6) is 0 Å². The second-order valence-corrected chi connectivity index (χ2v) is 5.67. The Labute approximate surface area is 131 Å². The Bertz CT molecular complexity index is 717. The van der Waals surface area contributed by atoms with E-state index in [1.807, 2.05) is 6.08 Å². The van der Waals surface area contributed by atoms with Gasteiger partial charge >= 0.3 is 0 Å². The molecule has 3 rings (SSSR count). The molecule has 0 atom stereocenters. The number of aryl methyl sites for hydroxylation is 2. The molecule has 0 radical (unpaired) electrons. The van der Waals surface area contributed by atoms with Crippen LogP contribution in [-0.2, 0) is 19.4 Å². The van der Waals surface area contributed by atoms with Crippen LogP contribution in [0.4, 0.5) is 0 Å². The first-order chi connectivity index (χ1) is 10.8. The van der Waals surface area contributed by atoms with Crippen molar-refractivity contribution in [2.45, 2.75) is 45.6 Å². The maximum absolute atomic E-state index is 9.53. The summed E-state index contributed by atoms with van der Waals surface area (Å²) in [5.74, 6) is 1.72. The van der Waals surface area contributed by atoms with Gasteiger partial charge in [-0.15, -0.1) is 10.2 Å². The molecule has 1 aliphatic rings. The van der Waals surface area contributed by atoms with Crippen molar-refractivity contribution < 1.29 is 0 Å². The van der Waals surface area contributed by atoms with E-state index in [0.29, 0.717) is 11.4 Å². The highest BCUT2D eigenvalue weighted by Gasteiger charge is 2.17. The number of hydrogen-bond acceptors (Lipinski definition) is 3. The molecule has 0 unspecified atom stereocenters. The van der Waals surface area contributed by atoms with Crippen molar-refractivity contribution in [3.8, 4) is 6.07 Å². The monoisotopic (exact) mass is 292 g/mol. The molecule has 2 heterocycles. The number of allylic oxidation sites excluding steroid dienone is 1.